The van der Waals surface area contributed by atoms with Crippen LogP contribution in [0, 0.1) is 19.7 Å². The minimum Gasteiger partial charge on any atom is -0.457 e. The number of aromatic nitrogens is 1. The zero-order valence-corrected chi connectivity index (χ0v) is 17.4. The Hall–Kier alpha value is -3.26. The molecule has 0 spiro atoms. The van der Waals surface area contributed by atoms with Crippen molar-refractivity contribution in [2.45, 2.75) is 20.3 Å². The smallest absolute Gasteiger partial charge is 0.308 e. The molecule has 0 bridgehead atoms. The molecule has 0 saturated carbocycles. The van der Waals surface area contributed by atoms with Crippen LogP contribution in [0.3, 0.4) is 0 Å². The summed E-state index contributed by atoms with van der Waals surface area (Å²) in [5, 5.41) is 4.42. The largest absolute Gasteiger partial charge is 0.457 e. The van der Waals surface area contributed by atoms with Gasteiger partial charge in [0.25, 0.3) is 5.91 Å². The second kappa shape index (κ2) is 9.49. The van der Waals surface area contributed by atoms with Crippen molar-refractivity contribution in [1.29, 1.82) is 0 Å². The van der Waals surface area contributed by atoms with Gasteiger partial charge in [-0.25, -0.2) is 4.39 Å². The Labute approximate surface area is 177 Å². The van der Waals surface area contributed by atoms with E-state index in [1.54, 1.807) is 47.2 Å². The van der Waals surface area contributed by atoms with Crippen LogP contribution >= 0.6 is 11.3 Å². The minimum absolute atomic E-state index is 0.0350. The molecule has 2 heterocycles. The van der Waals surface area contributed by atoms with E-state index < -0.39 is 12.6 Å². The zero-order valence-electron chi connectivity index (χ0n) is 16.6. The molecular weight excluding hydrogens is 407 g/mol. The number of halogens is 1. The standard InChI is InChI=1S/C22H21FN2O4S/c1-14-11-18(15(2)25(14)17-6-3-5-16(23)12-17)19(26)13-29-21(27)8-9-24-22(28)20-7-4-10-30-20/h3-7,10-12H,8-9,13H2,1-2H3,(H,24,28). The summed E-state index contributed by atoms with van der Waals surface area (Å²) in [6.07, 6.45) is -0.0350. The second-order valence-electron chi connectivity index (χ2n) is 6.67. The van der Waals surface area contributed by atoms with Crippen molar-refractivity contribution in [3.05, 3.63) is 75.5 Å². The number of amides is 1. The summed E-state index contributed by atoms with van der Waals surface area (Å²) >= 11 is 1.31. The average molecular weight is 428 g/mol. The van der Waals surface area contributed by atoms with Crippen LogP contribution in [0.2, 0.25) is 0 Å². The molecule has 0 radical (unpaired) electrons. The van der Waals surface area contributed by atoms with Crippen molar-refractivity contribution in [1.82, 2.24) is 9.88 Å². The molecule has 0 fully saturated rings. The maximum atomic E-state index is 13.6. The van der Waals surface area contributed by atoms with Crippen LogP contribution in [0.15, 0.2) is 47.8 Å². The van der Waals surface area contributed by atoms with Crippen molar-refractivity contribution in [3.63, 3.8) is 0 Å². The number of carbonyl (C=O) groups is 3. The van der Waals surface area contributed by atoms with Gasteiger partial charge < -0.3 is 14.6 Å². The molecule has 0 atom stereocenters. The lowest BCUT2D eigenvalue weighted by atomic mass is 10.1. The van der Waals surface area contributed by atoms with Crippen molar-refractivity contribution < 1.29 is 23.5 Å². The van der Waals surface area contributed by atoms with E-state index in [1.165, 1.54) is 23.5 Å². The lowest BCUT2D eigenvalue weighted by Crippen LogP contribution is -2.26. The number of hydrogen-bond acceptors (Lipinski definition) is 5. The highest BCUT2D eigenvalue weighted by Crippen LogP contribution is 2.22. The molecule has 1 aromatic carbocycles. The highest BCUT2D eigenvalue weighted by Gasteiger charge is 2.18. The number of ketones is 1. The number of carbonyl (C=O) groups excluding carboxylic acids is 3. The molecule has 3 rings (SSSR count). The molecule has 0 unspecified atom stereocenters. The lowest BCUT2D eigenvalue weighted by Gasteiger charge is -2.10. The Balaban J connectivity index is 1.54. The van der Waals surface area contributed by atoms with Gasteiger partial charge in [-0.1, -0.05) is 12.1 Å². The van der Waals surface area contributed by atoms with Crippen LogP contribution in [0.1, 0.15) is 37.8 Å². The highest BCUT2D eigenvalue weighted by atomic mass is 32.1. The fourth-order valence-electron chi connectivity index (χ4n) is 3.13. The number of rotatable bonds is 8. The van der Waals surface area contributed by atoms with E-state index in [2.05, 4.69) is 5.32 Å². The van der Waals surface area contributed by atoms with Gasteiger partial charge in [-0.15, -0.1) is 11.3 Å². The summed E-state index contributed by atoms with van der Waals surface area (Å²) in [7, 11) is 0. The number of aryl methyl sites for hydroxylation is 1. The van der Waals surface area contributed by atoms with Crippen molar-refractivity contribution in [3.8, 4) is 5.69 Å². The molecule has 3 aromatic rings. The van der Waals surface area contributed by atoms with Gasteiger partial charge in [0.1, 0.15) is 5.82 Å². The van der Waals surface area contributed by atoms with Crippen LogP contribution in [0.25, 0.3) is 5.69 Å². The monoisotopic (exact) mass is 428 g/mol. The summed E-state index contributed by atoms with van der Waals surface area (Å²) in [5.41, 5.74) is 2.43. The van der Waals surface area contributed by atoms with E-state index in [1.807, 2.05) is 6.92 Å². The molecule has 0 aliphatic carbocycles. The van der Waals surface area contributed by atoms with Gasteiger partial charge in [-0.05, 0) is 49.6 Å². The van der Waals surface area contributed by atoms with E-state index in [-0.39, 0.29) is 30.5 Å². The molecule has 30 heavy (non-hydrogen) atoms. The number of ether oxygens (including phenoxy) is 1. The zero-order chi connectivity index (χ0) is 21.7. The van der Waals surface area contributed by atoms with Crippen LogP contribution in [0.4, 0.5) is 4.39 Å². The Bertz CT molecular complexity index is 1070. The third-order valence-electron chi connectivity index (χ3n) is 4.52. The number of benzene rings is 1. The second-order valence-corrected chi connectivity index (χ2v) is 7.61. The third kappa shape index (κ3) is 5.01. The summed E-state index contributed by atoms with van der Waals surface area (Å²) < 4.78 is 20.4. The van der Waals surface area contributed by atoms with Crippen LogP contribution in [-0.4, -0.2) is 35.4 Å². The summed E-state index contributed by atoms with van der Waals surface area (Å²) in [4.78, 5) is 36.8. The van der Waals surface area contributed by atoms with E-state index >= 15 is 0 Å². The van der Waals surface area contributed by atoms with Crippen molar-refractivity contribution in [2.75, 3.05) is 13.2 Å². The fourth-order valence-corrected chi connectivity index (χ4v) is 3.77. The first kappa shape index (κ1) is 21.4. The van der Waals surface area contributed by atoms with Gasteiger partial charge in [0.05, 0.1) is 11.3 Å². The number of nitrogens with one attached hydrogen (secondary N) is 1. The van der Waals surface area contributed by atoms with Crippen LogP contribution in [0.5, 0.6) is 0 Å². The topological polar surface area (TPSA) is 77.4 Å². The summed E-state index contributed by atoms with van der Waals surface area (Å²) in [6.45, 7) is 3.30. The van der Waals surface area contributed by atoms with E-state index in [0.717, 1.165) is 5.69 Å². The minimum atomic E-state index is -0.575. The fraction of sp³-hybridized carbons (Fsp3) is 0.227. The van der Waals surface area contributed by atoms with Gasteiger partial charge in [-0.2, -0.15) is 0 Å². The molecule has 156 valence electrons. The first-order valence-corrected chi connectivity index (χ1v) is 10.2. The summed E-state index contributed by atoms with van der Waals surface area (Å²) in [5.74, 6) is -1.54. The molecular formula is C22H21FN2O4S. The maximum Gasteiger partial charge on any atom is 0.308 e. The Kier molecular flexibility index (Phi) is 6.79. The number of thiophene rings is 1. The number of hydrogen-bond donors (Lipinski definition) is 1. The first-order valence-electron chi connectivity index (χ1n) is 9.32. The predicted molar refractivity (Wildman–Crippen MR) is 112 cm³/mol. The first-order chi connectivity index (χ1) is 14.4. The SMILES string of the molecule is Cc1cc(C(=O)COC(=O)CCNC(=O)c2cccs2)c(C)n1-c1cccc(F)c1. The van der Waals surface area contributed by atoms with E-state index in [9.17, 15) is 18.8 Å². The number of Topliss-reactive ketones (excluding diaryl/α,β-unsaturated/α-hetero) is 1. The van der Waals surface area contributed by atoms with Crippen molar-refractivity contribution in [2.24, 2.45) is 0 Å². The Morgan fingerprint density at radius 2 is 1.93 bits per heavy atom. The molecule has 0 aliphatic heterocycles. The molecule has 1 N–H and O–H groups in total. The molecule has 0 saturated heterocycles. The molecule has 2 aromatic heterocycles. The Morgan fingerprint density at radius 3 is 2.63 bits per heavy atom. The van der Waals surface area contributed by atoms with E-state index in [0.29, 0.717) is 21.8 Å². The van der Waals surface area contributed by atoms with Gasteiger partial charge in [0, 0.05) is 29.2 Å². The van der Waals surface area contributed by atoms with Gasteiger partial charge in [-0.3, -0.25) is 14.4 Å². The van der Waals surface area contributed by atoms with Gasteiger partial charge in [0.2, 0.25) is 5.78 Å². The molecule has 1 amide bonds. The number of esters is 1. The summed E-state index contributed by atoms with van der Waals surface area (Å²) in [6, 6.07) is 11.2. The van der Waals surface area contributed by atoms with Crippen LogP contribution < -0.4 is 5.32 Å². The highest BCUT2D eigenvalue weighted by molar-refractivity contribution is 7.12. The van der Waals surface area contributed by atoms with Gasteiger partial charge >= 0.3 is 5.97 Å². The van der Waals surface area contributed by atoms with Gasteiger partial charge in [0.15, 0.2) is 6.61 Å². The predicted octanol–water partition coefficient (Wildman–Crippen LogP) is 3.84. The van der Waals surface area contributed by atoms with E-state index in [4.69, 9.17) is 4.74 Å². The molecule has 0 aliphatic rings. The van der Waals surface area contributed by atoms with Crippen LogP contribution in [-0.2, 0) is 9.53 Å². The average Bonchev–Trinajstić information content (AvgIpc) is 3.34. The Morgan fingerprint density at radius 1 is 1.13 bits per heavy atom. The normalized spacial score (nSPS) is 10.6. The quantitative estimate of drug-likeness (QED) is 0.437. The molecule has 6 nitrogen and oxygen atoms in total. The maximum absolute atomic E-state index is 13.6. The third-order valence-corrected chi connectivity index (χ3v) is 5.39. The van der Waals surface area contributed by atoms with Crippen molar-refractivity contribution >= 4 is 29.0 Å². The lowest BCUT2D eigenvalue weighted by molar-refractivity contribution is -0.142. The molecule has 8 heteroatoms. The number of nitrogens with zero attached hydrogens (tertiary/aromatic N) is 1.